The molecule has 0 saturated carbocycles. The summed E-state index contributed by atoms with van der Waals surface area (Å²) in [6.07, 6.45) is 0.636. The molecule has 7 nitrogen and oxygen atoms in total. The van der Waals surface area contributed by atoms with Crippen LogP contribution in [0.25, 0.3) is 11.1 Å². The van der Waals surface area contributed by atoms with Gasteiger partial charge in [-0.25, -0.2) is 9.59 Å². The number of hydrogen-bond acceptors (Lipinski definition) is 5. The summed E-state index contributed by atoms with van der Waals surface area (Å²) in [4.78, 5) is 27.2. The van der Waals surface area contributed by atoms with Gasteiger partial charge < -0.3 is 14.3 Å². The van der Waals surface area contributed by atoms with Crippen LogP contribution in [0.3, 0.4) is 0 Å². The molecule has 116 valence electrons. The average Bonchev–Trinajstić information content (AvgIpc) is 2.91. The molecule has 2 aromatic heterocycles. The predicted molar refractivity (Wildman–Crippen MR) is 81.2 cm³/mol. The minimum atomic E-state index is -1.25. The van der Waals surface area contributed by atoms with E-state index in [9.17, 15) is 14.7 Å². The van der Waals surface area contributed by atoms with Crippen molar-refractivity contribution in [3.63, 3.8) is 0 Å². The van der Waals surface area contributed by atoms with Gasteiger partial charge in [0.05, 0.1) is 0 Å². The molecular weight excluding hydrogens is 300 g/mol. The van der Waals surface area contributed by atoms with E-state index in [1.807, 2.05) is 18.2 Å². The number of hydrogen-bond donors (Lipinski definition) is 2. The number of amides is 1. The topological polar surface area (TPSA) is 102 Å². The molecule has 1 aromatic carbocycles. The third-order valence-corrected chi connectivity index (χ3v) is 3.09. The first-order valence-electron chi connectivity index (χ1n) is 6.73. The van der Waals surface area contributed by atoms with Crippen molar-refractivity contribution >= 4 is 29.0 Å². The van der Waals surface area contributed by atoms with Crippen LogP contribution in [0.2, 0.25) is 0 Å². The Bertz CT molecular complexity index is 857. The van der Waals surface area contributed by atoms with E-state index >= 15 is 0 Å². The second kappa shape index (κ2) is 6.18. The number of aromatic nitrogens is 1. The van der Waals surface area contributed by atoms with E-state index in [1.54, 1.807) is 24.3 Å². The molecule has 0 aliphatic carbocycles. The van der Waals surface area contributed by atoms with Gasteiger partial charge in [0.2, 0.25) is 5.88 Å². The van der Waals surface area contributed by atoms with Gasteiger partial charge in [-0.15, -0.1) is 0 Å². The maximum atomic E-state index is 11.8. The molecule has 3 rings (SSSR count). The van der Waals surface area contributed by atoms with Crippen LogP contribution in [0.15, 0.2) is 53.1 Å². The molecule has 2 N–H and O–H groups in total. The van der Waals surface area contributed by atoms with E-state index in [4.69, 9.17) is 9.15 Å². The van der Waals surface area contributed by atoms with Crippen molar-refractivity contribution in [2.45, 2.75) is 6.61 Å². The number of carboxylic acids is 1. The van der Waals surface area contributed by atoms with Crippen LogP contribution in [-0.2, 0) is 11.3 Å². The lowest BCUT2D eigenvalue weighted by atomic mass is 10.2. The molecule has 0 spiro atoms. The van der Waals surface area contributed by atoms with Crippen molar-refractivity contribution < 1.29 is 23.8 Å². The van der Waals surface area contributed by atoms with Crippen LogP contribution in [0.5, 0.6) is 0 Å². The van der Waals surface area contributed by atoms with Gasteiger partial charge >= 0.3 is 12.1 Å². The average molecular weight is 312 g/mol. The highest BCUT2D eigenvalue weighted by Crippen LogP contribution is 2.28. The van der Waals surface area contributed by atoms with E-state index in [-0.39, 0.29) is 29.2 Å². The van der Waals surface area contributed by atoms with Gasteiger partial charge in [0, 0.05) is 6.20 Å². The first-order valence-corrected chi connectivity index (χ1v) is 6.73. The minimum Gasteiger partial charge on any atom is -0.477 e. The summed E-state index contributed by atoms with van der Waals surface area (Å²) < 4.78 is 10.4. The Morgan fingerprint density at radius 2 is 1.96 bits per heavy atom. The van der Waals surface area contributed by atoms with Gasteiger partial charge in [-0.05, 0) is 17.7 Å². The second-order valence-corrected chi connectivity index (χ2v) is 4.65. The van der Waals surface area contributed by atoms with E-state index in [0.29, 0.717) is 0 Å². The van der Waals surface area contributed by atoms with Crippen molar-refractivity contribution in [3.8, 4) is 0 Å². The molecule has 3 aromatic rings. The van der Waals surface area contributed by atoms with Crippen molar-refractivity contribution in [1.29, 1.82) is 0 Å². The molecule has 0 fully saturated rings. The third kappa shape index (κ3) is 3.13. The molecule has 0 atom stereocenters. The number of rotatable bonds is 4. The van der Waals surface area contributed by atoms with Crippen molar-refractivity contribution in [2.75, 3.05) is 5.32 Å². The van der Waals surface area contributed by atoms with Crippen molar-refractivity contribution in [1.82, 2.24) is 4.98 Å². The highest BCUT2D eigenvalue weighted by molar-refractivity contribution is 6.07. The zero-order valence-corrected chi connectivity index (χ0v) is 11.9. The van der Waals surface area contributed by atoms with E-state index in [1.165, 1.54) is 6.20 Å². The fraction of sp³-hybridized carbons (Fsp3) is 0.0625. The molecule has 0 bridgehead atoms. The first kappa shape index (κ1) is 14.6. The Morgan fingerprint density at radius 1 is 1.17 bits per heavy atom. The number of carbonyl (C=O) groups is 2. The van der Waals surface area contributed by atoms with E-state index in [2.05, 4.69) is 10.3 Å². The smallest absolute Gasteiger partial charge is 0.414 e. The van der Waals surface area contributed by atoms with Gasteiger partial charge in [0.1, 0.15) is 17.7 Å². The van der Waals surface area contributed by atoms with Crippen LogP contribution in [0.4, 0.5) is 10.7 Å². The largest absolute Gasteiger partial charge is 0.477 e. The summed E-state index contributed by atoms with van der Waals surface area (Å²) in [5, 5.41) is 11.6. The number of fused-ring (bicyclic) bond motifs is 1. The molecule has 0 saturated heterocycles. The van der Waals surface area contributed by atoms with Crippen LogP contribution in [0, 0.1) is 0 Å². The minimum absolute atomic E-state index is 0.0631. The molecule has 0 radical (unpaired) electrons. The Labute approximate surface area is 130 Å². The summed E-state index contributed by atoms with van der Waals surface area (Å²) in [7, 11) is 0. The molecule has 1 amide bonds. The first-order chi connectivity index (χ1) is 11.1. The molecule has 23 heavy (non-hydrogen) atoms. The molecule has 0 unspecified atom stereocenters. The number of ether oxygens (including phenoxy) is 1. The summed E-state index contributed by atoms with van der Waals surface area (Å²) in [5.41, 5.74) is 1.03. The SMILES string of the molecule is O=C(Nc1oc2cccnc2c1C(=O)O)OCc1ccccc1. The fourth-order valence-corrected chi connectivity index (χ4v) is 2.07. The summed E-state index contributed by atoms with van der Waals surface area (Å²) in [6, 6.07) is 12.3. The monoisotopic (exact) mass is 312 g/mol. The number of aromatic carboxylic acids is 1. The lowest BCUT2D eigenvalue weighted by Gasteiger charge is -2.05. The summed E-state index contributed by atoms with van der Waals surface area (Å²) in [5.74, 6) is -1.45. The lowest BCUT2D eigenvalue weighted by molar-refractivity contribution is 0.0699. The van der Waals surface area contributed by atoms with Gasteiger partial charge in [-0.1, -0.05) is 30.3 Å². The molecule has 0 aliphatic heterocycles. The number of nitrogens with one attached hydrogen (secondary N) is 1. The number of pyridine rings is 1. The maximum absolute atomic E-state index is 11.8. The zero-order valence-electron chi connectivity index (χ0n) is 11.9. The van der Waals surface area contributed by atoms with Gasteiger partial charge in [-0.3, -0.25) is 10.3 Å². The fourth-order valence-electron chi connectivity index (χ4n) is 2.07. The van der Waals surface area contributed by atoms with Crippen molar-refractivity contribution in [2.24, 2.45) is 0 Å². The number of carbonyl (C=O) groups excluding carboxylic acids is 1. The number of benzene rings is 1. The van der Waals surface area contributed by atoms with Crippen LogP contribution >= 0.6 is 0 Å². The normalized spacial score (nSPS) is 10.4. The zero-order chi connectivity index (χ0) is 16.2. The lowest BCUT2D eigenvalue weighted by Crippen LogP contribution is -2.15. The number of carboxylic acid groups (broad SMARTS) is 1. The molecule has 0 aliphatic rings. The van der Waals surface area contributed by atoms with Gasteiger partial charge in [0.15, 0.2) is 5.58 Å². The Kier molecular flexibility index (Phi) is 3.92. The van der Waals surface area contributed by atoms with Gasteiger partial charge in [0.25, 0.3) is 0 Å². The summed E-state index contributed by atoms with van der Waals surface area (Å²) in [6.45, 7) is 0.0631. The molecule has 7 heteroatoms. The maximum Gasteiger partial charge on any atom is 0.414 e. The predicted octanol–water partition coefficient (Wildman–Crippen LogP) is 3.27. The van der Waals surface area contributed by atoms with Gasteiger partial charge in [-0.2, -0.15) is 0 Å². The highest BCUT2D eigenvalue weighted by Gasteiger charge is 2.23. The quantitative estimate of drug-likeness (QED) is 0.766. The molecular formula is C16H12N2O5. The van der Waals surface area contributed by atoms with E-state index < -0.39 is 12.1 Å². The Balaban J connectivity index is 1.77. The number of anilines is 1. The highest BCUT2D eigenvalue weighted by atomic mass is 16.6. The Morgan fingerprint density at radius 3 is 2.70 bits per heavy atom. The van der Waals surface area contributed by atoms with Crippen LogP contribution in [0.1, 0.15) is 15.9 Å². The summed E-state index contributed by atoms with van der Waals surface area (Å²) >= 11 is 0. The standard InChI is InChI=1S/C16H12N2O5/c19-15(20)12-13-11(7-4-8-17-13)23-14(12)18-16(21)22-9-10-5-2-1-3-6-10/h1-8H,9H2,(H,18,21)(H,19,20). The second-order valence-electron chi connectivity index (χ2n) is 4.65. The van der Waals surface area contributed by atoms with E-state index in [0.717, 1.165) is 5.56 Å². The van der Waals surface area contributed by atoms with Crippen LogP contribution in [-0.4, -0.2) is 22.2 Å². The Hall–Kier alpha value is -3.35. The van der Waals surface area contributed by atoms with Crippen molar-refractivity contribution in [3.05, 3.63) is 59.8 Å². The number of furan rings is 1. The molecule has 2 heterocycles. The third-order valence-electron chi connectivity index (χ3n) is 3.09. The number of nitrogens with zero attached hydrogens (tertiary/aromatic N) is 1. The van der Waals surface area contributed by atoms with Crippen LogP contribution < -0.4 is 5.32 Å².